The Morgan fingerprint density at radius 1 is 0.966 bits per heavy atom. The number of rotatable bonds is 11. The number of piperazine rings is 1. The van der Waals surface area contributed by atoms with Gasteiger partial charge in [-0.1, -0.05) is 80.8 Å². The molecule has 314 valence electrons. The van der Waals surface area contributed by atoms with Crippen molar-refractivity contribution >= 4 is 56.4 Å². The van der Waals surface area contributed by atoms with Crippen molar-refractivity contribution in [1.82, 2.24) is 34.0 Å². The number of benzene rings is 2. The van der Waals surface area contributed by atoms with E-state index < -0.39 is 38.2 Å². The smallest absolute Gasteiger partial charge is 0.310 e. The molecule has 1 aliphatic carbocycles. The van der Waals surface area contributed by atoms with Crippen LogP contribution in [0, 0.1) is 6.92 Å². The molecular weight excluding hydrogens is 821 g/mol. The Bertz CT molecular complexity index is 2530. The molecule has 1 aliphatic heterocycles. The topological polar surface area (TPSA) is 140 Å². The van der Waals surface area contributed by atoms with Crippen molar-refractivity contribution in [3.05, 3.63) is 105 Å². The number of anilines is 2. The molecule has 2 aliphatic rings. The monoisotopic (exact) mass is 861 g/mol. The second kappa shape index (κ2) is 15.6. The number of halogens is 6. The van der Waals surface area contributed by atoms with Gasteiger partial charge in [0.25, 0.3) is 11.5 Å². The summed E-state index contributed by atoms with van der Waals surface area (Å²) in [5.41, 5.74) is 2.20. The lowest BCUT2D eigenvalue weighted by Gasteiger charge is -2.40. The lowest BCUT2D eigenvalue weighted by atomic mass is 10.1. The van der Waals surface area contributed by atoms with Crippen LogP contribution >= 0.6 is 21.8 Å². The van der Waals surface area contributed by atoms with Gasteiger partial charge in [0.15, 0.2) is 17.3 Å². The Balaban J connectivity index is 1.19. The molecule has 0 saturated carbocycles. The van der Waals surface area contributed by atoms with Gasteiger partial charge < -0.3 is 24.4 Å². The van der Waals surface area contributed by atoms with Gasteiger partial charge in [-0.3, -0.25) is 14.4 Å². The summed E-state index contributed by atoms with van der Waals surface area (Å²) in [4.78, 5) is 56.4. The van der Waals surface area contributed by atoms with E-state index in [-0.39, 0.29) is 85.8 Å². The predicted octanol–water partition coefficient (Wildman–Crippen LogP) is 8.39. The maximum absolute atomic E-state index is 14.4. The highest BCUT2D eigenvalue weighted by Gasteiger charge is 2.65. The van der Waals surface area contributed by atoms with Crippen LogP contribution in [0.25, 0.3) is 11.4 Å². The lowest BCUT2D eigenvalue weighted by molar-refractivity contribution is -0.116. The minimum atomic E-state index is -10.0. The highest BCUT2D eigenvalue weighted by Crippen LogP contribution is 3.02. The van der Waals surface area contributed by atoms with Crippen molar-refractivity contribution in [2.45, 2.75) is 70.4 Å². The number of nitrogens with one attached hydrogen (secondary N) is 1. The van der Waals surface area contributed by atoms with E-state index in [1.54, 1.807) is 18.7 Å². The Kier molecular flexibility index (Phi) is 11.0. The number of hydrogen-bond acceptors (Lipinski definition) is 9. The van der Waals surface area contributed by atoms with E-state index in [4.69, 9.17) is 21.3 Å². The maximum atomic E-state index is 14.4. The molecule has 2 aromatic carbocycles. The number of allylic oxidation sites excluding steroid dienone is 2. The first kappa shape index (κ1) is 41.6. The minimum Gasteiger partial charge on any atom is -0.485 e. The van der Waals surface area contributed by atoms with E-state index >= 15 is 0 Å². The van der Waals surface area contributed by atoms with Crippen LogP contribution in [0.1, 0.15) is 72.3 Å². The van der Waals surface area contributed by atoms with E-state index in [1.807, 2.05) is 41.3 Å². The number of ether oxygens (including phenoxy) is 1. The zero-order valence-electron chi connectivity index (χ0n) is 32.1. The van der Waals surface area contributed by atoms with Crippen LogP contribution in [0.3, 0.4) is 0 Å². The molecule has 2 amide bonds. The van der Waals surface area contributed by atoms with E-state index in [1.165, 1.54) is 10.9 Å². The molecule has 13 nitrogen and oxygen atoms in total. The Morgan fingerprint density at radius 3 is 2.41 bits per heavy atom. The van der Waals surface area contributed by atoms with E-state index in [9.17, 15) is 33.8 Å². The molecule has 0 unspecified atom stereocenters. The summed E-state index contributed by atoms with van der Waals surface area (Å²) >= 11 is 5.98. The average molecular weight is 862 g/mol. The Hall–Kier alpha value is -5.56. The molecule has 3 aromatic heterocycles. The number of aromatic nitrogens is 6. The molecule has 1 N–H and O–H groups in total. The Morgan fingerprint density at radius 2 is 1.71 bits per heavy atom. The number of hydrogen-bond donors (Lipinski definition) is 1. The highest BCUT2D eigenvalue weighted by molar-refractivity contribution is 8.45. The van der Waals surface area contributed by atoms with Crippen molar-refractivity contribution in [2.75, 3.05) is 36.4 Å². The quantitative estimate of drug-likeness (QED) is 0.130. The standard InChI is InChI=1S/C39H41ClF5N9O4S/c1-3-31-34(51-17-19-52(20-18-51)37(56)33-35(25(2)46-24-47-33)58-23-26-11-7-6-8-12-26)38(57)54-39(49-36(50-54)27-13-9-4-5-10-14-27)53(31)22-32(55)48-30-16-15-28(21-29(30)40)59(41,42,43,44)45/h6-8,11-13,15-16,21,24H,3-5,9-10,14,17-20,22-23H2,1-2H3,(H,48,55). The third-order valence-electron chi connectivity index (χ3n) is 10.2. The highest BCUT2D eigenvalue weighted by atomic mass is 35.5. The van der Waals surface area contributed by atoms with Crippen LogP contribution in [0.15, 0.2) is 70.6 Å². The van der Waals surface area contributed by atoms with Gasteiger partial charge in [0.1, 0.15) is 30.1 Å². The molecule has 5 aromatic rings. The summed E-state index contributed by atoms with van der Waals surface area (Å²) < 4.78 is 75.9. The fraction of sp³-hybridized carbons (Fsp3) is 0.359. The summed E-state index contributed by atoms with van der Waals surface area (Å²) in [5.74, 6) is -0.496. The fourth-order valence-corrected chi connectivity index (χ4v) is 8.21. The molecule has 0 bridgehead atoms. The third-order valence-corrected chi connectivity index (χ3v) is 11.7. The second-order valence-corrected chi connectivity index (χ2v) is 17.2. The number of carbonyl (C=O) groups is 2. The van der Waals surface area contributed by atoms with Crippen molar-refractivity contribution < 1.29 is 33.8 Å². The van der Waals surface area contributed by atoms with Gasteiger partial charge in [-0.2, -0.15) is 9.50 Å². The first-order valence-electron chi connectivity index (χ1n) is 19.0. The van der Waals surface area contributed by atoms with Gasteiger partial charge in [0.05, 0.1) is 22.1 Å². The average Bonchev–Trinajstić information content (AvgIpc) is 3.47. The van der Waals surface area contributed by atoms with Crippen molar-refractivity contribution in [3.8, 4) is 5.75 Å². The van der Waals surface area contributed by atoms with Crippen LogP contribution < -0.4 is 20.5 Å². The molecule has 7 rings (SSSR count). The number of carbonyl (C=O) groups excluding carboxylic acids is 2. The largest absolute Gasteiger partial charge is 0.485 e. The van der Waals surface area contributed by atoms with Crippen molar-refractivity contribution in [2.24, 2.45) is 0 Å². The first-order chi connectivity index (χ1) is 27.9. The molecule has 59 heavy (non-hydrogen) atoms. The molecule has 0 spiro atoms. The Labute approximate surface area is 340 Å². The lowest BCUT2D eigenvalue weighted by Crippen LogP contribution is -2.51. The molecule has 1 saturated heterocycles. The molecule has 0 atom stereocenters. The maximum Gasteiger partial charge on any atom is 0.310 e. The van der Waals surface area contributed by atoms with Crippen LogP contribution in [-0.4, -0.2) is 72.0 Å². The van der Waals surface area contributed by atoms with Gasteiger partial charge in [-0.15, -0.1) is 5.10 Å². The minimum absolute atomic E-state index is 0.0595. The fourth-order valence-electron chi connectivity index (χ4n) is 7.25. The van der Waals surface area contributed by atoms with Crippen molar-refractivity contribution in [3.63, 3.8) is 0 Å². The van der Waals surface area contributed by atoms with Gasteiger partial charge in [0, 0.05) is 26.2 Å². The zero-order valence-corrected chi connectivity index (χ0v) is 33.7. The van der Waals surface area contributed by atoms with E-state index in [2.05, 4.69) is 20.4 Å². The van der Waals surface area contributed by atoms with Gasteiger partial charge in [-0.05, 0) is 68.4 Å². The summed E-state index contributed by atoms with van der Waals surface area (Å²) in [6.07, 6.45) is 7.99. The zero-order chi connectivity index (χ0) is 42.2. The molecule has 4 heterocycles. The molecule has 1 fully saturated rings. The predicted molar refractivity (Wildman–Crippen MR) is 215 cm³/mol. The van der Waals surface area contributed by atoms with Gasteiger partial charge in [0.2, 0.25) is 11.7 Å². The van der Waals surface area contributed by atoms with Gasteiger partial charge in [-0.25, -0.2) is 9.97 Å². The number of amides is 2. The van der Waals surface area contributed by atoms with Crippen LogP contribution in [0.2, 0.25) is 5.02 Å². The number of aryl methyl sites for hydroxylation is 1. The SMILES string of the molecule is CCc1c(N2CCN(C(=O)c3ncnc(C)c3OCc3ccccc3)CC2)c(=O)n2nc(C3=CCCCCC3)nc2n1CC(=O)Nc1ccc(S(F)(F)(F)(F)F)cc1Cl. The first-order valence-corrected chi connectivity index (χ1v) is 21.3. The van der Waals surface area contributed by atoms with Crippen LogP contribution in [-0.2, 0) is 24.4 Å². The molecule has 20 heteroatoms. The summed E-state index contributed by atoms with van der Waals surface area (Å²) in [6, 6.07) is 10.4. The van der Waals surface area contributed by atoms with E-state index in [0.717, 1.165) is 41.3 Å². The molecular formula is C39H41ClF5N9O4S. The number of fused-ring (bicyclic) bond motifs is 1. The third kappa shape index (κ3) is 9.05. The van der Waals surface area contributed by atoms with Crippen LogP contribution in [0.5, 0.6) is 5.75 Å². The second-order valence-electron chi connectivity index (χ2n) is 14.4. The van der Waals surface area contributed by atoms with E-state index in [0.29, 0.717) is 29.7 Å². The van der Waals surface area contributed by atoms with Crippen LogP contribution in [0.4, 0.5) is 30.8 Å². The summed E-state index contributed by atoms with van der Waals surface area (Å²) in [7, 11) is -10.0. The summed E-state index contributed by atoms with van der Waals surface area (Å²) in [6.45, 7) is 4.06. The van der Waals surface area contributed by atoms with Crippen molar-refractivity contribution in [1.29, 1.82) is 0 Å². The summed E-state index contributed by atoms with van der Waals surface area (Å²) in [5, 5.41) is 6.29. The number of nitrogens with zero attached hydrogens (tertiary/aromatic N) is 8. The van der Waals surface area contributed by atoms with Gasteiger partial charge >= 0.3 is 10.2 Å². The molecule has 0 radical (unpaired) electrons. The normalized spacial score (nSPS) is 16.2.